The van der Waals surface area contributed by atoms with Gasteiger partial charge in [0.2, 0.25) is 0 Å². The van der Waals surface area contributed by atoms with Crippen LogP contribution in [-0.4, -0.2) is 22.7 Å². The molecule has 1 saturated heterocycles. The fourth-order valence-corrected chi connectivity index (χ4v) is 2.77. The van der Waals surface area contributed by atoms with Crippen molar-refractivity contribution >= 4 is 34.2 Å². The van der Waals surface area contributed by atoms with E-state index in [1.165, 1.54) is 16.2 Å². The number of aromatic nitrogens is 1. The zero-order chi connectivity index (χ0) is 13.0. The van der Waals surface area contributed by atoms with Gasteiger partial charge in [-0.15, -0.1) is 0 Å². The van der Waals surface area contributed by atoms with E-state index in [1.807, 2.05) is 12.3 Å². The van der Waals surface area contributed by atoms with Crippen LogP contribution in [0, 0.1) is 0 Å². The molecule has 0 spiro atoms. The lowest BCUT2D eigenvalue weighted by atomic mass is 9.77. The summed E-state index contributed by atoms with van der Waals surface area (Å²) in [6, 6.07) is 6.15. The third-order valence-corrected chi connectivity index (χ3v) is 4.70. The summed E-state index contributed by atoms with van der Waals surface area (Å²) >= 11 is 1.50. The summed E-state index contributed by atoms with van der Waals surface area (Å²) in [6.45, 7) is 8.27. The van der Waals surface area contributed by atoms with Gasteiger partial charge < -0.3 is 9.31 Å². The van der Waals surface area contributed by atoms with Crippen LogP contribution in [0.15, 0.2) is 24.4 Å². The molecule has 0 atom stereocenters. The molecule has 1 aliphatic heterocycles. The highest BCUT2D eigenvalue weighted by atomic mass is 32.1. The lowest BCUT2D eigenvalue weighted by molar-refractivity contribution is 0.00578. The van der Waals surface area contributed by atoms with Crippen molar-refractivity contribution in [3.8, 4) is 0 Å². The lowest BCUT2D eigenvalue weighted by Gasteiger charge is -2.32. The molecule has 0 saturated carbocycles. The van der Waals surface area contributed by atoms with Gasteiger partial charge in [0.25, 0.3) is 0 Å². The highest BCUT2D eigenvalue weighted by molar-refractivity contribution is 7.13. The summed E-state index contributed by atoms with van der Waals surface area (Å²) < 4.78 is 17.6. The molecule has 1 fully saturated rings. The molecule has 1 aromatic carbocycles. The van der Waals surface area contributed by atoms with Crippen LogP contribution in [0.3, 0.4) is 0 Å². The highest BCUT2D eigenvalue weighted by Gasteiger charge is 2.52. The van der Waals surface area contributed by atoms with Crippen LogP contribution in [0.4, 0.5) is 0 Å². The number of hydrogen-bond acceptors (Lipinski definition) is 4. The van der Waals surface area contributed by atoms with Gasteiger partial charge >= 0.3 is 7.12 Å². The molecule has 0 amide bonds. The van der Waals surface area contributed by atoms with Crippen molar-refractivity contribution in [2.24, 2.45) is 0 Å². The fraction of sp³-hybridized carbons (Fsp3) is 0.462. The predicted molar refractivity (Wildman–Crippen MR) is 75.3 cm³/mol. The van der Waals surface area contributed by atoms with Crippen molar-refractivity contribution < 1.29 is 9.31 Å². The summed E-state index contributed by atoms with van der Waals surface area (Å²) in [5.41, 5.74) is 0.465. The van der Waals surface area contributed by atoms with Crippen molar-refractivity contribution in [2.45, 2.75) is 38.9 Å². The van der Waals surface area contributed by atoms with E-state index < -0.39 is 0 Å². The molecule has 1 aliphatic rings. The molecular formula is C13H16BNO2S. The van der Waals surface area contributed by atoms with E-state index in [0.29, 0.717) is 0 Å². The van der Waals surface area contributed by atoms with Gasteiger partial charge in [0, 0.05) is 11.6 Å². The molecular weight excluding hydrogens is 245 g/mol. The molecule has 2 aromatic rings. The van der Waals surface area contributed by atoms with Crippen LogP contribution in [0.1, 0.15) is 27.7 Å². The van der Waals surface area contributed by atoms with Gasteiger partial charge in [-0.05, 0) is 50.8 Å². The smallest absolute Gasteiger partial charge is 0.399 e. The Labute approximate surface area is 111 Å². The fourth-order valence-electron chi connectivity index (χ4n) is 2.09. The Bertz CT molecular complexity index is 577. The average Bonchev–Trinajstić information content (AvgIpc) is 2.81. The van der Waals surface area contributed by atoms with Crippen LogP contribution < -0.4 is 5.46 Å². The predicted octanol–water partition coefficient (Wildman–Crippen LogP) is 2.60. The Hall–Kier alpha value is -0.905. The van der Waals surface area contributed by atoms with Crippen molar-refractivity contribution in [2.75, 3.05) is 0 Å². The molecule has 3 nitrogen and oxygen atoms in total. The summed E-state index contributed by atoms with van der Waals surface area (Å²) in [7, 11) is -0.310. The van der Waals surface area contributed by atoms with E-state index in [-0.39, 0.29) is 18.3 Å². The first-order chi connectivity index (χ1) is 8.41. The third-order valence-electron chi connectivity index (χ3n) is 3.94. The molecule has 18 heavy (non-hydrogen) atoms. The van der Waals surface area contributed by atoms with Gasteiger partial charge in [0.15, 0.2) is 0 Å². The van der Waals surface area contributed by atoms with E-state index >= 15 is 0 Å². The minimum absolute atomic E-state index is 0.302. The van der Waals surface area contributed by atoms with E-state index in [9.17, 15) is 0 Å². The first-order valence-corrected chi connectivity index (χ1v) is 6.87. The van der Waals surface area contributed by atoms with Crippen LogP contribution in [-0.2, 0) is 9.31 Å². The minimum Gasteiger partial charge on any atom is -0.399 e. The maximum atomic E-state index is 6.08. The highest BCUT2D eigenvalue weighted by Crippen LogP contribution is 2.37. The summed E-state index contributed by atoms with van der Waals surface area (Å²) in [5.74, 6) is 0. The standard InChI is InChI=1S/C13H16BNO2S/c1-12(2)13(3,4)17-14(16-12)10-6-5-7-11-9(10)8-15-18-11/h5-8H,1-4H3. The maximum absolute atomic E-state index is 6.08. The van der Waals surface area contributed by atoms with Gasteiger partial charge in [0.1, 0.15) is 0 Å². The number of fused-ring (bicyclic) bond motifs is 1. The third kappa shape index (κ3) is 1.69. The molecule has 0 aliphatic carbocycles. The van der Waals surface area contributed by atoms with E-state index in [2.05, 4.69) is 44.2 Å². The van der Waals surface area contributed by atoms with Crippen molar-refractivity contribution in [3.05, 3.63) is 24.4 Å². The van der Waals surface area contributed by atoms with E-state index in [1.54, 1.807) is 0 Å². The molecule has 5 heteroatoms. The largest absolute Gasteiger partial charge is 0.495 e. The normalized spacial score (nSPS) is 21.7. The average molecular weight is 261 g/mol. The summed E-state index contributed by atoms with van der Waals surface area (Å²) in [6.07, 6.45) is 1.89. The minimum atomic E-state index is -0.310. The molecule has 1 aromatic heterocycles. The zero-order valence-corrected chi connectivity index (χ0v) is 11.9. The molecule has 0 radical (unpaired) electrons. The molecule has 0 N–H and O–H groups in total. The Morgan fingerprint density at radius 3 is 2.44 bits per heavy atom. The van der Waals surface area contributed by atoms with Crippen LogP contribution in [0.5, 0.6) is 0 Å². The van der Waals surface area contributed by atoms with Gasteiger partial charge in [-0.2, -0.15) is 4.37 Å². The SMILES string of the molecule is CC1(C)OB(c2cccc3sncc23)OC1(C)C. The van der Waals surface area contributed by atoms with Crippen molar-refractivity contribution in [3.63, 3.8) is 0 Å². The number of benzene rings is 1. The number of nitrogens with zero attached hydrogens (tertiary/aromatic N) is 1. The first kappa shape index (κ1) is 12.1. The second-order valence-electron chi connectivity index (χ2n) is 5.67. The number of rotatable bonds is 1. The van der Waals surface area contributed by atoms with Crippen molar-refractivity contribution in [1.82, 2.24) is 4.37 Å². The molecule has 0 bridgehead atoms. The quantitative estimate of drug-likeness (QED) is 0.739. The van der Waals surface area contributed by atoms with Crippen LogP contribution in [0.25, 0.3) is 10.1 Å². The van der Waals surface area contributed by atoms with Crippen LogP contribution >= 0.6 is 11.5 Å². The number of hydrogen-bond donors (Lipinski definition) is 0. The molecule has 2 heterocycles. The first-order valence-electron chi connectivity index (χ1n) is 6.10. The van der Waals surface area contributed by atoms with Crippen LogP contribution in [0.2, 0.25) is 0 Å². The molecule has 3 rings (SSSR count). The van der Waals surface area contributed by atoms with E-state index in [4.69, 9.17) is 9.31 Å². The lowest BCUT2D eigenvalue weighted by Crippen LogP contribution is -2.41. The summed E-state index contributed by atoms with van der Waals surface area (Å²) in [4.78, 5) is 0. The Morgan fingerprint density at radius 2 is 1.78 bits per heavy atom. The Kier molecular flexibility index (Phi) is 2.56. The topological polar surface area (TPSA) is 31.4 Å². The van der Waals surface area contributed by atoms with Gasteiger partial charge in [-0.3, -0.25) is 0 Å². The van der Waals surface area contributed by atoms with E-state index in [0.717, 1.165) is 10.8 Å². The second-order valence-corrected chi connectivity index (χ2v) is 6.51. The Balaban J connectivity index is 2.05. The summed E-state index contributed by atoms with van der Waals surface area (Å²) in [5, 5.41) is 1.13. The second kappa shape index (κ2) is 3.79. The maximum Gasteiger partial charge on any atom is 0.495 e. The van der Waals surface area contributed by atoms with Gasteiger partial charge in [-0.25, -0.2) is 0 Å². The molecule has 0 unspecified atom stereocenters. The van der Waals surface area contributed by atoms with Gasteiger partial charge in [-0.1, -0.05) is 12.1 Å². The van der Waals surface area contributed by atoms with Gasteiger partial charge in [0.05, 0.1) is 15.9 Å². The van der Waals surface area contributed by atoms with Crippen molar-refractivity contribution in [1.29, 1.82) is 0 Å². The zero-order valence-electron chi connectivity index (χ0n) is 11.1. The molecule has 94 valence electrons. The monoisotopic (exact) mass is 261 g/mol. The Morgan fingerprint density at radius 1 is 1.11 bits per heavy atom.